The number of nitrogens with zero attached hydrogens (tertiary/aromatic N) is 1. The van der Waals surface area contributed by atoms with Crippen LogP contribution in [-0.4, -0.2) is 33.2 Å². The molecule has 1 aliphatic heterocycles. The van der Waals surface area contributed by atoms with Crippen molar-refractivity contribution in [2.45, 2.75) is 30.1 Å². The number of aryl methyl sites for hydroxylation is 1. The van der Waals surface area contributed by atoms with E-state index < -0.39 is 16.1 Å². The molecule has 0 saturated heterocycles. The molecule has 0 bridgehead atoms. The van der Waals surface area contributed by atoms with E-state index in [1.807, 2.05) is 37.3 Å². The lowest BCUT2D eigenvalue weighted by molar-refractivity contribution is -0.122. The zero-order chi connectivity index (χ0) is 24.3. The maximum atomic E-state index is 13.1. The minimum atomic E-state index is -3.56. The fraction of sp³-hybridized carbons (Fsp3) is 0.240. The first-order valence-electron chi connectivity index (χ1n) is 10.7. The molecule has 3 aromatic rings. The first kappa shape index (κ1) is 24.4. The zero-order valence-corrected chi connectivity index (χ0v) is 21.2. The van der Waals surface area contributed by atoms with Gasteiger partial charge in [-0.25, -0.2) is 8.42 Å². The molecule has 178 valence electrons. The lowest BCUT2D eigenvalue weighted by Crippen LogP contribution is -2.36. The number of thioether (sulfide) groups is 1. The number of benzene rings is 3. The summed E-state index contributed by atoms with van der Waals surface area (Å²) in [4.78, 5) is 14.3. The van der Waals surface area contributed by atoms with E-state index in [9.17, 15) is 13.2 Å². The molecule has 0 aromatic heterocycles. The van der Waals surface area contributed by atoms with E-state index in [0.29, 0.717) is 22.1 Å². The predicted molar refractivity (Wildman–Crippen MR) is 138 cm³/mol. The van der Waals surface area contributed by atoms with Crippen LogP contribution in [-0.2, 0) is 20.6 Å². The van der Waals surface area contributed by atoms with Crippen molar-refractivity contribution in [3.05, 3.63) is 82.9 Å². The second kappa shape index (κ2) is 10.3. The molecule has 34 heavy (non-hydrogen) atoms. The van der Waals surface area contributed by atoms with Crippen LogP contribution in [0.15, 0.2) is 71.6 Å². The van der Waals surface area contributed by atoms with E-state index in [0.717, 1.165) is 23.1 Å². The van der Waals surface area contributed by atoms with Gasteiger partial charge in [0, 0.05) is 34.3 Å². The Balaban J connectivity index is 1.46. The van der Waals surface area contributed by atoms with Gasteiger partial charge in [-0.05, 0) is 54.4 Å². The summed E-state index contributed by atoms with van der Waals surface area (Å²) < 4.78 is 31.8. The summed E-state index contributed by atoms with van der Waals surface area (Å²) >= 11 is 7.83. The number of hydrogen-bond acceptors (Lipinski definition) is 5. The van der Waals surface area contributed by atoms with Crippen LogP contribution in [0.5, 0.6) is 5.75 Å². The van der Waals surface area contributed by atoms with Crippen LogP contribution in [0.2, 0.25) is 5.02 Å². The molecule has 9 heteroatoms. The standard InChI is InChI=1S/C25H25ClN2O4S2/c1-17-14-18(16-33-20-6-4-3-5-7-20)8-10-21(17)27-25(29)24-12-13-28(34(2,30)31)22-15-19(26)9-11-23(22)32-24/h3-11,14-15,24H,12-13,16H2,1-2H3,(H,27,29). The Labute approximate surface area is 209 Å². The summed E-state index contributed by atoms with van der Waals surface area (Å²) in [5.41, 5.74) is 3.13. The third-order valence-corrected chi connectivity index (χ3v) is 7.94. The van der Waals surface area contributed by atoms with Gasteiger partial charge in [-0.15, -0.1) is 11.8 Å². The van der Waals surface area contributed by atoms with Crippen molar-refractivity contribution in [3.63, 3.8) is 0 Å². The highest BCUT2D eigenvalue weighted by atomic mass is 35.5. The molecule has 3 aromatic carbocycles. The second-order valence-corrected chi connectivity index (χ2v) is 11.5. The van der Waals surface area contributed by atoms with Gasteiger partial charge in [0.05, 0.1) is 11.9 Å². The number of sulfonamides is 1. The predicted octanol–water partition coefficient (Wildman–Crippen LogP) is 5.50. The number of halogens is 1. The van der Waals surface area contributed by atoms with E-state index in [2.05, 4.69) is 23.5 Å². The summed E-state index contributed by atoms with van der Waals surface area (Å²) in [6.07, 6.45) is 0.481. The Kier molecular flexibility index (Phi) is 7.40. The number of carbonyl (C=O) groups excluding carboxylic acids is 1. The lowest BCUT2D eigenvalue weighted by Gasteiger charge is -2.21. The van der Waals surface area contributed by atoms with E-state index in [4.69, 9.17) is 16.3 Å². The van der Waals surface area contributed by atoms with Gasteiger partial charge < -0.3 is 10.1 Å². The van der Waals surface area contributed by atoms with E-state index in [1.54, 1.807) is 23.9 Å². The van der Waals surface area contributed by atoms with Crippen LogP contribution in [0, 0.1) is 6.92 Å². The molecule has 4 rings (SSSR count). The van der Waals surface area contributed by atoms with E-state index in [-0.39, 0.29) is 18.9 Å². The van der Waals surface area contributed by atoms with Crippen molar-refractivity contribution in [3.8, 4) is 5.75 Å². The van der Waals surface area contributed by atoms with Gasteiger partial charge in [0.2, 0.25) is 10.0 Å². The third-order valence-electron chi connectivity index (χ3n) is 5.44. The molecule has 0 radical (unpaired) electrons. The van der Waals surface area contributed by atoms with Gasteiger partial charge in [-0.2, -0.15) is 0 Å². The summed E-state index contributed by atoms with van der Waals surface area (Å²) in [5.74, 6) is 0.800. The Morgan fingerprint density at radius 3 is 2.62 bits per heavy atom. The highest BCUT2D eigenvalue weighted by molar-refractivity contribution is 7.98. The minimum absolute atomic E-state index is 0.110. The first-order chi connectivity index (χ1) is 16.2. The van der Waals surface area contributed by atoms with Gasteiger partial charge in [-0.1, -0.05) is 41.9 Å². The Morgan fingerprint density at radius 2 is 1.91 bits per heavy atom. The number of anilines is 2. The molecule has 1 aliphatic rings. The third kappa shape index (κ3) is 5.87. The average molecular weight is 517 g/mol. The Bertz CT molecular complexity index is 1300. The van der Waals surface area contributed by atoms with Gasteiger partial charge in [0.15, 0.2) is 6.10 Å². The molecule has 1 heterocycles. The second-order valence-electron chi connectivity index (χ2n) is 8.08. The Morgan fingerprint density at radius 1 is 1.15 bits per heavy atom. The largest absolute Gasteiger partial charge is 0.478 e. The summed E-state index contributed by atoms with van der Waals surface area (Å²) in [7, 11) is -3.56. The summed E-state index contributed by atoms with van der Waals surface area (Å²) in [5, 5.41) is 3.33. The maximum Gasteiger partial charge on any atom is 0.265 e. The highest BCUT2D eigenvalue weighted by Crippen LogP contribution is 2.36. The molecular weight excluding hydrogens is 492 g/mol. The van der Waals surface area contributed by atoms with E-state index >= 15 is 0 Å². The number of carbonyl (C=O) groups is 1. The maximum absolute atomic E-state index is 13.1. The molecule has 0 saturated carbocycles. The van der Waals surface area contributed by atoms with Crippen molar-refractivity contribution in [1.29, 1.82) is 0 Å². The van der Waals surface area contributed by atoms with Crippen molar-refractivity contribution in [1.82, 2.24) is 0 Å². The zero-order valence-electron chi connectivity index (χ0n) is 18.8. The summed E-state index contributed by atoms with van der Waals surface area (Å²) in [6.45, 7) is 2.06. The topological polar surface area (TPSA) is 75.7 Å². The molecular formula is C25H25ClN2O4S2. The van der Waals surface area contributed by atoms with Gasteiger partial charge in [0.1, 0.15) is 5.75 Å². The van der Waals surface area contributed by atoms with Gasteiger partial charge in [-0.3, -0.25) is 9.10 Å². The van der Waals surface area contributed by atoms with Crippen molar-refractivity contribution < 1.29 is 17.9 Å². The van der Waals surface area contributed by atoms with Crippen LogP contribution in [0.3, 0.4) is 0 Å². The normalized spacial score (nSPS) is 15.7. The number of nitrogens with one attached hydrogen (secondary N) is 1. The van der Waals surface area contributed by atoms with Crippen molar-refractivity contribution >= 4 is 50.7 Å². The highest BCUT2D eigenvalue weighted by Gasteiger charge is 2.31. The minimum Gasteiger partial charge on any atom is -0.478 e. The lowest BCUT2D eigenvalue weighted by atomic mass is 10.1. The number of amides is 1. The fourth-order valence-electron chi connectivity index (χ4n) is 3.73. The monoisotopic (exact) mass is 516 g/mol. The number of rotatable bonds is 6. The molecule has 1 amide bonds. The van der Waals surface area contributed by atoms with Crippen molar-refractivity contribution in [2.75, 3.05) is 22.4 Å². The number of ether oxygens (including phenoxy) is 1. The first-order valence-corrected chi connectivity index (χ1v) is 13.9. The number of fused-ring (bicyclic) bond motifs is 1. The number of hydrogen-bond donors (Lipinski definition) is 1. The SMILES string of the molecule is Cc1cc(CSc2ccccc2)ccc1NC(=O)C1CCN(S(C)(=O)=O)c2cc(Cl)ccc2O1. The molecule has 0 fully saturated rings. The van der Waals surface area contributed by atoms with Crippen LogP contribution in [0.4, 0.5) is 11.4 Å². The quantitative estimate of drug-likeness (QED) is 0.438. The van der Waals surface area contributed by atoms with Crippen LogP contribution < -0.4 is 14.4 Å². The van der Waals surface area contributed by atoms with Crippen LogP contribution in [0.1, 0.15) is 17.5 Å². The van der Waals surface area contributed by atoms with Gasteiger partial charge in [0.25, 0.3) is 5.91 Å². The molecule has 1 unspecified atom stereocenters. The smallest absolute Gasteiger partial charge is 0.265 e. The molecule has 0 spiro atoms. The van der Waals surface area contributed by atoms with Crippen molar-refractivity contribution in [2.24, 2.45) is 0 Å². The average Bonchev–Trinajstić information content (AvgIpc) is 2.99. The van der Waals surface area contributed by atoms with E-state index in [1.165, 1.54) is 15.3 Å². The molecule has 6 nitrogen and oxygen atoms in total. The van der Waals surface area contributed by atoms with Gasteiger partial charge >= 0.3 is 0 Å². The molecule has 1 N–H and O–H groups in total. The fourth-order valence-corrected chi connectivity index (χ4v) is 5.70. The molecule has 1 atom stereocenters. The summed E-state index contributed by atoms with van der Waals surface area (Å²) in [6, 6.07) is 20.9. The van der Waals surface area contributed by atoms with Crippen LogP contribution >= 0.6 is 23.4 Å². The molecule has 0 aliphatic carbocycles. The Hall–Kier alpha value is -2.68. The van der Waals surface area contributed by atoms with Crippen LogP contribution in [0.25, 0.3) is 0 Å².